The van der Waals surface area contributed by atoms with Crippen molar-refractivity contribution in [3.63, 3.8) is 0 Å². The summed E-state index contributed by atoms with van der Waals surface area (Å²) in [6, 6.07) is 4.24. The van der Waals surface area contributed by atoms with Crippen LogP contribution in [0.5, 0.6) is 11.5 Å². The van der Waals surface area contributed by atoms with Gasteiger partial charge in [0.1, 0.15) is 11.5 Å². The highest BCUT2D eigenvalue weighted by Gasteiger charge is 2.43. The van der Waals surface area contributed by atoms with Gasteiger partial charge in [0.05, 0.1) is 25.8 Å². The van der Waals surface area contributed by atoms with Crippen LogP contribution in [0.4, 0.5) is 0 Å². The molecule has 8 heteroatoms. The first-order valence-electron chi connectivity index (χ1n) is 8.98. The number of carboxylic acid groups (broad SMARTS) is 1. The fourth-order valence-corrected chi connectivity index (χ4v) is 3.34. The van der Waals surface area contributed by atoms with Crippen molar-refractivity contribution in [3.8, 4) is 11.5 Å². The van der Waals surface area contributed by atoms with Crippen LogP contribution in [0.15, 0.2) is 29.5 Å². The molecule has 1 aliphatic heterocycles. The highest BCUT2D eigenvalue weighted by atomic mass is 16.5. The zero-order chi connectivity index (χ0) is 20.8. The fraction of sp³-hybridized carbons (Fsp3) is 0.450. The van der Waals surface area contributed by atoms with E-state index >= 15 is 0 Å². The Morgan fingerprint density at radius 1 is 1.18 bits per heavy atom. The van der Waals surface area contributed by atoms with Crippen LogP contribution in [0.1, 0.15) is 44.2 Å². The van der Waals surface area contributed by atoms with Crippen molar-refractivity contribution in [1.82, 2.24) is 4.90 Å². The molecule has 1 aromatic rings. The summed E-state index contributed by atoms with van der Waals surface area (Å²) in [5.41, 5.74) is 0.573. The molecule has 0 aliphatic carbocycles. The number of ketones is 1. The molecule has 0 aromatic heterocycles. The molecule has 152 valence electrons. The number of hydrogen-bond acceptors (Lipinski definition) is 7. The van der Waals surface area contributed by atoms with E-state index in [4.69, 9.17) is 9.47 Å². The number of methoxy groups -OCH3 is 2. The van der Waals surface area contributed by atoms with Gasteiger partial charge in [-0.2, -0.15) is 0 Å². The normalized spacial score (nSPS) is 16.5. The van der Waals surface area contributed by atoms with Crippen molar-refractivity contribution >= 4 is 17.7 Å². The Morgan fingerprint density at radius 3 is 2.46 bits per heavy atom. The van der Waals surface area contributed by atoms with E-state index < -0.39 is 29.5 Å². The molecule has 1 atom stereocenters. The van der Waals surface area contributed by atoms with Gasteiger partial charge in [-0.15, -0.1) is 0 Å². The predicted molar refractivity (Wildman–Crippen MR) is 97.8 cm³/mol. The number of carbonyl (C=O) groups excluding carboxylic acids is 3. The van der Waals surface area contributed by atoms with Crippen molar-refractivity contribution in [2.75, 3.05) is 20.8 Å². The molecule has 0 spiro atoms. The van der Waals surface area contributed by atoms with Gasteiger partial charge in [0, 0.05) is 24.1 Å². The Labute approximate surface area is 163 Å². The topological polar surface area (TPSA) is 116 Å². The first-order valence-corrected chi connectivity index (χ1v) is 8.98. The maximum Gasteiger partial charge on any atom is 0.290 e. The van der Waals surface area contributed by atoms with Gasteiger partial charge >= 0.3 is 0 Å². The number of ether oxygens (including phenoxy) is 2. The average Bonchev–Trinajstić information content (AvgIpc) is 2.91. The number of aliphatic carboxylic acids is 1. The van der Waals surface area contributed by atoms with E-state index in [0.717, 1.165) is 0 Å². The third-order valence-electron chi connectivity index (χ3n) is 4.70. The molecule has 1 N–H and O–H groups in total. The van der Waals surface area contributed by atoms with E-state index in [1.807, 2.05) is 0 Å². The Kier molecular flexibility index (Phi) is 7.03. The summed E-state index contributed by atoms with van der Waals surface area (Å²) in [7, 11) is 2.98. The van der Waals surface area contributed by atoms with Crippen LogP contribution in [0.3, 0.4) is 0 Å². The molecule has 0 bridgehead atoms. The summed E-state index contributed by atoms with van der Waals surface area (Å²) < 4.78 is 10.6. The number of aliphatic hydroxyl groups is 1. The summed E-state index contributed by atoms with van der Waals surface area (Å²) >= 11 is 0. The van der Waals surface area contributed by atoms with Gasteiger partial charge in [-0.25, -0.2) is 0 Å². The van der Waals surface area contributed by atoms with Gasteiger partial charge in [-0.3, -0.25) is 9.59 Å². The number of nitrogens with zero attached hydrogens (tertiary/aromatic N) is 1. The first kappa shape index (κ1) is 21.3. The summed E-state index contributed by atoms with van der Waals surface area (Å²) in [6.07, 6.45) is 1.47. The van der Waals surface area contributed by atoms with E-state index in [1.54, 1.807) is 18.2 Å². The second-order valence-corrected chi connectivity index (χ2v) is 6.51. The van der Waals surface area contributed by atoms with Crippen LogP contribution in [0.25, 0.3) is 0 Å². The van der Waals surface area contributed by atoms with E-state index in [-0.39, 0.29) is 18.5 Å². The number of carbonyl (C=O) groups is 3. The molecule has 2 rings (SSSR count). The number of unbranched alkanes of at least 4 members (excludes halogenated alkanes) is 2. The van der Waals surface area contributed by atoms with Crippen LogP contribution in [-0.2, 0) is 14.4 Å². The zero-order valence-corrected chi connectivity index (χ0v) is 16.2. The number of carboxylic acids is 1. The van der Waals surface area contributed by atoms with Crippen LogP contribution in [0.2, 0.25) is 0 Å². The lowest BCUT2D eigenvalue weighted by molar-refractivity contribution is -0.305. The second kappa shape index (κ2) is 9.25. The second-order valence-electron chi connectivity index (χ2n) is 6.51. The number of amides is 1. The number of benzene rings is 1. The highest BCUT2D eigenvalue weighted by molar-refractivity contribution is 6.08. The molecule has 0 saturated heterocycles. The predicted octanol–water partition coefficient (Wildman–Crippen LogP) is 1.30. The van der Waals surface area contributed by atoms with Crippen molar-refractivity contribution in [2.45, 2.75) is 38.6 Å². The molecule has 1 amide bonds. The van der Waals surface area contributed by atoms with Gasteiger partial charge in [0.2, 0.25) is 0 Å². The molecular formula is C20H24NO7-. The van der Waals surface area contributed by atoms with Crippen LogP contribution in [-0.4, -0.2) is 48.4 Å². The van der Waals surface area contributed by atoms with E-state index in [2.05, 4.69) is 0 Å². The minimum atomic E-state index is -1.11. The average molecular weight is 390 g/mol. The summed E-state index contributed by atoms with van der Waals surface area (Å²) in [5, 5.41) is 20.8. The molecule has 1 heterocycles. The Morgan fingerprint density at radius 2 is 1.89 bits per heavy atom. The quantitative estimate of drug-likeness (QED) is 0.599. The number of aliphatic hydroxyl groups excluding tert-OH is 1. The molecule has 0 unspecified atom stereocenters. The third-order valence-corrected chi connectivity index (χ3v) is 4.70. The molecule has 0 radical (unpaired) electrons. The lowest BCUT2D eigenvalue weighted by Crippen LogP contribution is -2.32. The number of rotatable bonds is 10. The van der Waals surface area contributed by atoms with Crippen LogP contribution in [0, 0.1) is 0 Å². The van der Waals surface area contributed by atoms with Crippen molar-refractivity contribution < 1.29 is 34.1 Å². The number of Topliss-reactive ketones (excluding diaryl/α,β-unsaturated/α-hetero) is 1. The van der Waals surface area contributed by atoms with Crippen molar-refractivity contribution in [1.29, 1.82) is 0 Å². The summed E-state index contributed by atoms with van der Waals surface area (Å²) in [4.78, 5) is 36.7. The lowest BCUT2D eigenvalue weighted by atomic mass is 9.95. The maximum absolute atomic E-state index is 12.6. The maximum atomic E-state index is 12.6. The first-order chi connectivity index (χ1) is 13.3. The minimum absolute atomic E-state index is 0.0169. The summed E-state index contributed by atoms with van der Waals surface area (Å²) in [5.74, 6) is -1.74. The Bertz CT molecular complexity index is 800. The van der Waals surface area contributed by atoms with Gasteiger partial charge in [0.15, 0.2) is 11.5 Å². The van der Waals surface area contributed by atoms with Crippen LogP contribution < -0.4 is 14.6 Å². The van der Waals surface area contributed by atoms with Crippen molar-refractivity contribution in [2.24, 2.45) is 0 Å². The zero-order valence-electron chi connectivity index (χ0n) is 16.2. The molecule has 1 aliphatic rings. The van der Waals surface area contributed by atoms with Crippen molar-refractivity contribution in [3.05, 3.63) is 35.1 Å². The van der Waals surface area contributed by atoms with Gasteiger partial charge < -0.3 is 29.4 Å². The molecule has 1 aromatic carbocycles. The number of hydrogen-bond donors (Lipinski definition) is 1. The molecule has 0 saturated carbocycles. The fourth-order valence-electron chi connectivity index (χ4n) is 3.34. The monoisotopic (exact) mass is 390 g/mol. The van der Waals surface area contributed by atoms with Gasteiger partial charge in [-0.05, 0) is 38.3 Å². The van der Waals surface area contributed by atoms with E-state index in [1.165, 1.54) is 26.0 Å². The van der Waals surface area contributed by atoms with Gasteiger partial charge in [-0.1, -0.05) is 6.42 Å². The SMILES string of the molecule is COc1ccc([C@@H]2C(C(C)=O)=C(O)C(=O)N2CCCCCC(=O)[O-])c(OC)c1. The van der Waals surface area contributed by atoms with E-state index in [0.29, 0.717) is 36.3 Å². The van der Waals surface area contributed by atoms with Crippen LogP contribution >= 0.6 is 0 Å². The molecular weight excluding hydrogens is 366 g/mol. The molecule has 8 nitrogen and oxygen atoms in total. The summed E-state index contributed by atoms with van der Waals surface area (Å²) in [6.45, 7) is 1.55. The molecule has 28 heavy (non-hydrogen) atoms. The van der Waals surface area contributed by atoms with Gasteiger partial charge in [0.25, 0.3) is 5.91 Å². The lowest BCUT2D eigenvalue weighted by Gasteiger charge is -2.28. The highest BCUT2D eigenvalue weighted by Crippen LogP contribution is 2.42. The van der Waals surface area contributed by atoms with E-state index in [9.17, 15) is 24.6 Å². The third kappa shape index (κ3) is 4.44. The smallest absolute Gasteiger partial charge is 0.290 e. The largest absolute Gasteiger partial charge is 0.550 e. The molecule has 0 fully saturated rings. The Hall–Kier alpha value is -3.03. The standard InChI is InChI=1S/C20H25NO7/c1-12(22)17-18(14-9-8-13(27-2)11-15(14)28-3)21(20(26)19(17)25)10-6-4-5-7-16(23)24/h8-9,11,18,25H,4-7,10H2,1-3H3,(H,23,24)/p-1/t18-/m1/s1. The Balaban J connectivity index is 2.33. The minimum Gasteiger partial charge on any atom is -0.550 e.